The van der Waals surface area contributed by atoms with Crippen molar-refractivity contribution in [3.05, 3.63) is 34.3 Å². The van der Waals surface area contributed by atoms with Crippen molar-refractivity contribution >= 4 is 23.4 Å². The van der Waals surface area contributed by atoms with Crippen LogP contribution in [-0.4, -0.2) is 17.9 Å². The summed E-state index contributed by atoms with van der Waals surface area (Å²) in [6.45, 7) is 0. The smallest absolute Gasteiger partial charge is 0.368 e. The number of halogens is 4. The fourth-order valence-corrected chi connectivity index (χ4v) is 1.70. The minimum absolute atomic E-state index is 0.173. The van der Waals surface area contributed by atoms with Crippen molar-refractivity contribution in [3.8, 4) is 12.3 Å². The largest absolute Gasteiger partial charge is 0.416 e. The molecule has 1 aromatic carbocycles. The van der Waals surface area contributed by atoms with E-state index in [0.29, 0.717) is 12.1 Å². The van der Waals surface area contributed by atoms with Crippen LogP contribution < -0.4 is 11.1 Å². The summed E-state index contributed by atoms with van der Waals surface area (Å²) in [5.41, 5.74) is 3.60. The van der Waals surface area contributed by atoms with E-state index in [9.17, 15) is 22.8 Å². The molecule has 0 saturated carbocycles. The highest BCUT2D eigenvalue weighted by atomic mass is 35.5. The number of nitrogens with one attached hydrogen (secondary N) is 1. The number of rotatable bonds is 4. The molecule has 0 bridgehead atoms. The highest BCUT2D eigenvalue weighted by Gasteiger charge is 2.32. The molecule has 0 aliphatic carbocycles. The Morgan fingerprint density at radius 3 is 2.48 bits per heavy atom. The molecule has 21 heavy (non-hydrogen) atoms. The third kappa shape index (κ3) is 4.68. The van der Waals surface area contributed by atoms with Gasteiger partial charge in [0.15, 0.2) is 0 Å². The van der Waals surface area contributed by atoms with Gasteiger partial charge in [-0.25, -0.2) is 0 Å². The number of hydrogen-bond donors (Lipinski definition) is 2. The molecule has 1 atom stereocenters. The third-order valence-electron chi connectivity index (χ3n) is 2.46. The number of carbonyl (C=O) groups is 2. The van der Waals surface area contributed by atoms with Crippen LogP contribution in [0.3, 0.4) is 0 Å². The number of alkyl halides is 3. The molecule has 0 fully saturated rings. The van der Waals surface area contributed by atoms with E-state index in [1.165, 1.54) is 0 Å². The maximum Gasteiger partial charge on any atom is 0.416 e. The van der Waals surface area contributed by atoms with Crippen molar-refractivity contribution < 1.29 is 22.8 Å². The molecule has 112 valence electrons. The van der Waals surface area contributed by atoms with Crippen LogP contribution in [0.2, 0.25) is 5.02 Å². The molecule has 4 nitrogen and oxygen atoms in total. The van der Waals surface area contributed by atoms with Gasteiger partial charge in [-0.15, -0.1) is 12.3 Å². The van der Waals surface area contributed by atoms with Gasteiger partial charge in [-0.2, -0.15) is 13.2 Å². The van der Waals surface area contributed by atoms with Crippen molar-refractivity contribution in [2.45, 2.75) is 18.6 Å². The SMILES string of the molecule is C#CC[C@H](NC(=O)c1cc(Cl)cc(C(F)(F)F)c1)C(N)=O. The minimum Gasteiger partial charge on any atom is -0.368 e. The van der Waals surface area contributed by atoms with Gasteiger partial charge in [0.25, 0.3) is 5.91 Å². The maximum absolute atomic E-state index is 12.6. The second kappa shape index (κ2) is 6.50. The molecule has 1 rings (SSSR count). The summed E-state index contributed by atoms with van der Waals surface area (Å²) in [6.07, 6.45) is 0.184. The molecule has 0 aromatic heterocycles. The summed E-state index contributed by atoms with van der Waals surface area (Å²) in [5.74, 6) is 0.313. The monoisotopic (exact) mass is 318 g/mol. The number of terminal acetylenes is 1. The van der Waals surface area contributed by atoms with Gasteiger partial charge in [0.1, 0.15) is 6.04 Å². The predicted molar refractivity (Wildman–Crippen MR) is 70.4 cm³/mol. The lowest BCUT2D eigenvalue weighted by Crippen LogP contribution is -2.44. The lowest BCUT2D eigenvalue weighted by molar-refractivity contribution is -0.137. The van der Waals surface area contributed by atoms with E-state index in [0.717, 1.165) is 6.07 Å². The first-order chi connectivity index (χ1) is 9.65. The van der Waals surface area contributed by atoms with Crippen LogP contribution in [0.4, 0.5) is 13.2 Å². The normalized spacial score (nSPS) is 12.3. The summed E-state index contributed by atoms with van der Waals surface area (Å²) < 4.78 is 37.9. The van der Waals surface area contributed by atoms with Crippen LogP contribution in [-0.2, 0) is 11.0 Å². The molecular formula is C13H10ClF3N2O2. The number of amides is 2. The Morgan fingerprint density at radius 2 is 2.00 bits per heavy atom. The zero-order valence-corrected chi connectivity index (χ0v) is 11.3. The molecule has 0 heterocycles. The summed E-state index contributed by atoms with van der Waals surface area (Å²) >= 11 is 5.56. The van der Waals surface area contributed by atoms with Crippen molar-refractivity contribution in [2.75, 3.05) is 0 Å². The van der Waals surface area contributed by atoms with E-state index in [1.807, 2.05) is 0 Å². The Labute approximate surface area is 123 Å². The number of hydrogen-bond acceptors (Lipinski definition) is 2. The lowest BCUT2D eigenvalue weighted by Gasteiger charge is -2.14. The van der Waals surface area contributed by atoms with Gasteiger partial charge in [-0.1, -0.05) is 11.6 Å². The average molecular weight is 319 g/mol. The van der Waals surface area contributed by atoms with Gasteiger partial charge in [0.2, 0.25) is 5.91 Å². The van der Waals surface area contributed by atoms with Crippen molar-refractivity contribution in [2.24, 2.45) is 5.73 Å². The molecule has 0 unspecified atom stereocenters. The molecule has 0 spiro atoms. The number of benzene rings is 1. The van der Waals surface area contributed by atoms with Gasteiger partial charge >= 0.3 is 6.18 Å². The van der Waals surface area contributed by atoms with Gasteiger partial charge in [-0.3, -0.25) is 9.59 Å². The fourth-order valence-electron chi connectivity index (χ4n) is 1.47. The molecule has 3 N–H and O–H groups in total. The quantitative estimate of drug-likeness (QED) is 0.833. The molecule has 0 aliphatic rings. The molecule has 0 saturated heterocycles. The van der Waals surface area contributed by atoms with E-state index in [1.54, 1.807) is 0 Å². The molecular weight excluding hydrogens is 309 g/mol. The van der Waals surface area contributed by atoms with E-state index in [4.69, 9.17) is 23.8 Å². The maximum atomic E-state index is 12.6. The predicted octanol–water partition coefficient (Wildman–Crippen LogP) is 1.97. The summed E-state index contributed by atoms with van der Waals surface area (Å²) in [6, 6.07) is 1.18. The summed E-state index contributed by atoms with van der Waals surface area (Å²) in [5, 5.41) is 1.90. The Bertz CT molecular complexity index is 608. The first-order valence-corrected chi connectivity index (χ1v) is 5.94. The van der Waals surface area contributed by atoms with Crippen molar-refractivity contribution in [1.82, 2.24) is 5.32 Å². The summed E-state index contributed by atoms with van der Waals surface area (Å²) in [4.78, 5) is 22.9. The van der Waals surface area contributed by atoms with Gasteiger partial charge in [0.05, 0.1) is 5.56 Å². The average Bonchev–Trinajstić information content (AvgIpc) is 2.36. The first kappa shape index (κ1) is 16.9. The van der Waals surface area contributed by atoms with Crippen LogP contribution in [0, 0.1) is 12.3 Å². The standard InChI is InChI=1S/C13H10ClF3N2O2/c1-2-3-10(11(18)20)19-12(21)7-4-8(13(15,16)17)6-9(14)5-7/h1,4-6,10H,3H2,(H2,18,20)(H,19,21)/t10-/m0/s1. The van der Waals surface area contributed by atoms with Gasteiger partial charge < -0.3 is 11.1 Å². The zero-order valence-electron chi connectivity index (χ0n) is 10.5. The third-order valence-corrected chi connectivity index (χ3v) is 2.68. The van der Waals surface area contributed by atoms with Crippen LogP contribution in [0.5, 0.6) is 0 Å². The molecule has 8 heteroatoms. The first-order valence-electron chi connectivity index (χ1n) is 5.56. The van der Waals surface area contributed by atoms with Crippen molar-refractivity contribution in [3.63, 3.8) is 0 Å². The van der Waals surface area contributed by atoms with Gasteiger partial charge in [0, 0.05) is 17.0 Å². The number of nitrogens with two attached hydrogens (primary N) is 1. The van der Waals surface area contributed by atoms with E-state index in [-0.39, 0.29) is 17.0 Å². The topological polar surface area (TPSA) is 72.2 Å². The molecule has 0 radical (unpaired) electrons. The molecule has 1 aromatic rings. The van der Waals surface area contributed by atoms with Crippen LogP contribution >= 0.6 is 11.6 Å². The Kier molecular flexibility index (Phi) is 5.22. The second-order valence-electron chi connectivity index (χ2n) is 4.06. The highest BCUT2D eigenvalue weighted by Crippen LogP contribution is 2.31. The van der Waals surface area contributed by atoms with E-state index >= 15 is 0 Å². The number of carbonyl (C=O) groups excluding carboxylic acids is 2. The Morgan fingerprint density at radius 1 is 1.38 bits per heavy atom. The highest BCUT2D eigenvalue weighted by molar-refractivity contribution is 6.31. The van der Waals surface area contributed by atoms with Crippen LogP contribution in [0.1, 0.15) is 22.3 Å². The van der Waals surface area contributed by atoms with Gasteiger partial charge in [-0.05, 0) is 18.2 Å². The Balaban J connectivity index is 3.05. The second-order valence-corrected chi connectivity index (χ2v) is 4.50. The Hall–Kier alpha value is -2.20. The molecule has 2 amide bonds. The van der Waals surface area contributed by atoms with Crippen LogP contribution in [0.25, 0.3) is 0 Å². The van der Waals surface area contributed by atoms with Crippen molar-refractivity contribution in [1.29, 1.82) is 0 Å². The number of primary amides is 1. The molecule has 0 aliphatic heterocycles. The van der Waals surface area contributed by atoms with Crippen LogP contribution in [0.15, 0.2) is 18.2 Å². The van der Waals surface area contributed by atoms with E-state index in [2.05, 4.69) is 11.2 Å². The lowest BCUT2D eigenvalue weighted by atomic mass is 10.1. The van der Waals surface area contributed by atoms with E-state index < -0.39 is 29.6 Å². The summed E-state index contributed by atoms with van der Waals surface area (Å²) in [7, 11) is 0. The fraction of sp³-hybridized carbons (Fsp3) is 0.231. The minimum atomic E-state index is -4.65. The zero-order chi connectivity index (χ0) is 16.2.